The second-order valence-electron chi connectivity index (χ2n) is 13.2. The van der Waals surface area contributed by atoms with Gasteiger partial charge in [0, 0.05) is 27.6 Å². The van der Waals surface area contributed by atoms with E-state index in [1.807, 2.05) is 6.07 Å². The zero-order valence-electron chi connectivity index (χ0n) is 27.9. The Labute approximate surface area is 296 Å². The number of hydrogen-bond donors (Lipinski definition) is 2. The lowest BCUT2D eigenvalue weighted by Gasteiger charge is -2.33. The molecule has 0 spiro atoms. The summed E-state index contributed by atoms with van der Waals surface area (Å²) in [6.07, 6.45) is -0.414. The van der Waals surface area contributed by atoms with Crippen molar-refractivity contribution in [3.63, 3.8) is 0 Å². The maximum Gasteiger partial charge on any atom is 0.131 e. The van der Waals surface area contributed by atoms with Crippen LogP contribution in [0, 0.1) is 0 Å². The number of benzene rings is 8. The van der Waals surface area contributed by atoms with Gasteiger partial charge in [-0.1, -0.05) is 158 Å². The number of nitrogens with one attached hydrogen (secondary N) is 2. The Morgan fingerprint density at radius 3 is 1.88 bits per heavy atom. The van der Waals surface area contributed by atoms with Crippen molar-refractivity contribution < 1.29 is 0 Å². The molecule has 0 amide bonds. The van der Waals surface area contributed by atoms with Gasteiger partial charge in [0.2, 0.25) is 0 Å². The molecule has 4 nitrogen and oxygen atoms in total. The number of aliphatic imine (C=N–C) groups is 1. The molecule has 1 aromatic heterocycles. The summed E-state index contributed by atoms with van der Waals surface area (Å²) in [7, 11) is 0. The standard InChI is InChI=1S/C47H34N4/c1-3-15-34(16-4-1)45-48-46(35-17-5-2-6-18-35)50-47(49-45)44-38-20-10-8-13-31(38)25-29-39(44)33-23-27-36(28-24-33)51-41-22-12-11-21-40(41)43-37-19-9-7-14-32(37)26-30-42(43)51/h1-30,45,47,49H,(H,48,50). The first-order valence-electron chi connectivity index (χ1n) is 17.5. The van der Waals surface area contributed by atoms with E-state index in [1.54, 1.807) is 0 Å². The number of nitrogens with zero attached hydrogens (tertiary/aromatic N) is 2. The van der Waals surface area contributed by atoms with E-state index in [1.165, 1.54) is 48.9 Å². The third kappa shape index (κ3) is 5.00. The molecule has 242 valence electrons. The molecule has 9 aromatic rings. The minimum atomic E-state index is -0.293. The summed E-state index contributed by atoms with van der Waals surface area (Å²) in [6.45, 7) is 0. The highest BCUT2D eigenvalue weighted by molar-refractivity contribution is 6.21. The number of aromatic nitrogens is 1. The van der Waals surface area contributed by atoms with Crippen molar-refractivity contribution in [2.45, 2.75) is 12.3 Å². The number of para-hydroxylation sites is 1. The largest absolute Gasteiger partial charge is 0.350 e. The van der Waals surface area contributed by atoms with Crippen molar-refractivity contribution in [3.8, 4) is 16.8 Å². The highest BCUT2D eigenvalue weighted by atomic mass is 15.3. The Kier molecular flexibility index (Phi) is 7.00. The van der Waals surface area contributed by atoms with E-state index in [9.17, 15) is 0 Å². The van der Waals surface area contributed by atoms with Crippen LogP contribution in [0.1, 0.15) is 29.0 Å². The van der Waals surface area contributed by atoms with Gasteiger partial charge in [-0.3, -0.25) is 5.32 Å². The van der Waals surface area contributed by atoms with Gasteiger partial charge in [0.05, 0.1) is 11.0 Å². The van der Waals surface area contributed by atoms with Crippen molar-refractivity contribution in [2.75, 3.05) is 0 Å². The zero-order valence-corrected chi connectivity index (χ0v) is 27.9. The van der Waals surface area contributed by atoms with Crippen molar-refractivity contribution in [3.05, 3.63) is 199 Å². The maximum atomic E-state index is 5.38. The average molecular weight is 655 g/mol. The van der Waals surface area contributed by atoms with Crippen LogP contribution >= 0.6 is 0 Å². The summed E-state index contributed by atoms with van der Waals surface area (Å²) in [4.78, 5) is 5.38. The quantitative estimate of drug-likeness (QED) is 0.194. The van der Waals surface area contributed by atoms with Gasteiger partial charge in [-0.2, -0.15) is 0 Å². The summed E-state index contributed by atoms with van der Waals surface area (Å²) in [5.41, 5.74) is 9.26. The second kappa shape index (κ2) is 12.1. The Morgan fingerprint density at radius 2 is 1.10 bits per heavy atom. The molecule has 0 fully saturated rings. The minimum Gasteiger partial charge on any atom is -0.350 e. The Hall–Kier alpha value is -6.49. The van der Waals surface area contributed by atoms with Crippen molar-refractivity contribution >= 4 is 49.2 Å². The molecular weight excluding hydrogens is 621 g/mol. The Balaban J connectivity index is 1.13. The molecule has 1 aliphatic rings. The van der Waals surface area contributed by atoms with Crippen LogP contribution in [-0.4, -0.2) is 10.4 Å². The van der Waals surface area contributed by atoms with Crippen molar-refractivity contribution in [1.82, 2.24) is 15.2 Å². The maximum absolute atomic E-state index is 5.38. The molecule has 0 bridgehead atoms. The number of hydrogen-bond acceptors (Lipinski definition) is 3. The summed E-state index contributed by atoms with van der Waals surface area (Å²) in [5.74, 6) is 0.876. The van der Waals surface area contributed by atoms with Gasteiger partial charge in [0.15, 0.2) is 0 Å². The molecule has 2 heterocycles. The van der Waals surface area contributed by atoms with Crippen LogP contribution in [0.3, 0.4) is 0 Å². The van der Waals surface area contributed by atoms with Crippen LogP contribution in [0.15, 0.2) is 187 Å². The van der Waals surface area contributed by atoms with E-state index in [0.717, 1.165) is 33.8 Å². The molecule has 1 aliphatic heterocycles. The second-order valence-corrected chi connectivity index (χ2v) is 13.2. The fourth-order valence-corrected chi connectivity index (χ4v) is 7.92. The van der Waals surface area contributed by atoms with Crippen LogP contribution in [0.2, 0.25) is 0 Å². The lowest BCUT2D eigenvalue weighted by Crippen LogP contribution is -2.45. The summed E-state index contributed by atoms with van der Waals surface area (Å²) >= 11 is 0. The van der Waals surface area contributed by atoms with Gasteiger partial charge in [-0.05, 0) is 62.5 Å². The molecule has 0 aliphatic carbocycles. The van der Waals surface area contributed by atoms with Crippen LogP contribution in [-0.2, 0) is 0 Å². The molecule has 0 saturated carbocycles. The van der Waals surface area contributed by atoms with E-state index in [0.29, 0.717) is 0 Å². The first-order chi connectivity index (χ1) is 25.3. The van der Waals surface area contributed by atoms with Gasteiger partial charge < -0.3 is 9.88 Å². The molecule has 0 radical (unpaired) electrons. The monoisotopic (exact) mass is 654 g/mol. The predicted molar refractivity (Wildman–Crippen MR) is 212 cm³/mol. The fraction of sp³-hybridized carbons (Fsp3) is 0.0426. The third-order valence-corrected chi connectivity index (χ3v) is 10.3. The van der Waals surface area contributed by atoms with Crippen LogP contribution in [0.25, 0.3) is 60.2 Å². The molecule has 4 heteroatoms. The summed E-state index contributed by atoms with van der Waals surface area (Å²) in [6, 6.07) is 65.1. The highest BCUT2D eigenvalue weighted by Crippen LogP contribution is 2.40. The molecule has 0 saturated heterocycles. The SMILES string of the molecule is c1ccc(C2=NC(c3c(-c4ccc(-n5c6ccccc6c6c7ccccc7ccc65)cc4)ccc4ccccc34)NC(c3ccccc3)N2)cc1. The summed E-state index contributed by atoms with van der Waals surface area (Å²) < 4.78 is 2.40. The fourth-order valence-electron chi connectivity index (χ4n) is 7.92. The Morgan fingerprint density at radius 1 is 0.471 bits per heavy atom. The van der Waals surface area contributed by atoms with E-state index < -0.39 is 0 Å². The smallest absolute Gasteiger partial charge is 0.131 e. The van der Waals surface area contributed by atoms with E-state index >= 15 is 0 Å². The first kappa shape index (κ1) is 29.4. The normalized spacial score (nSPS) is 16.0. The van der Waals surface area contributed by atoms with Crippen molar-refractivity contribution in [2.24, 2.45) is 4.99 Å². The lowest BCUT2D eigenvalue weighted by atomic mass is 9.91. The van der Waals surface area contributed by atoms with Crippen molar-refractivity contribution in [1.29, 1.82) is 0 Å². The highest BCUT2D eigenvalue weighted by Gasteiger charge is 2.28. The summed E-state index contributed by atoms with van der Waals surface area (Å²) in [5, 5.41) is 15.0. The molecule has 2 N–H and O–H groups in total. The van der Waals surface area contributed by atoms with Crippen LogP contribution < -0.4 is 10.6 Å². The van der Waals surface area contributed by atoms with E-state index in [2.05, 4.69) is 191 Å². The number of rotatable bonds is 5. The van der Waals surface area contributed by atoms with Gasteiger partial charge in [-0.15, -0.1) is 0 Å². The number of fused-ring (bicyclic) bond motifs is 6. The molecule has 2 atom stereocenters. The van der Waals surface area contributed by atoms with Gasteiger partial charge >= 0.3 is 0 Å². The molecule has 2 unspecified atom stereocenters. The zero-order chi connectivity index (χ0) is 33.7. The van der Waals surface area contributed by atoms with Crippen LogP contribution in [0.4, 0.5) is 0 Å². The van der Waals surface area contributed by atoms with Gasteiger partial charge in [-0.25, -0.2) is 4.99 Å². The first-order valence-corrected chi connectivity index (χ1v) is 17.5. The lowest BCUT2D eigenvalue weighted by molar-refractivity contribution is 0.411. The van der Waals surface area contributed by atoms with Gasteiger partial charge in [0.25, 0.3) is 0 Å². The minimum absolute atomic E-state index is 0.121. The average Bonchev–Trinajstić information content (AvgIpc) is 3.56. The topological polar surface area (TPSA) is 41.4 Å². The van der Waals surface area contributed by atoms with Crippen LogP contribution in [0.5, 0.6) is 0 Å². The number of amidine groups is 1. The molecule has 8 aromatic carbocycles. The molecular formula is C47H34N4. The van der Waals surface area contributed by atoms with E-state index in [4.69, 9.17) is 4.99 Å². The molecule has 51 heavy (non-hydrogen) atoms. The predicted octanol–water partition coefficient (Wildman–Crippen LogP) is 11.1. The Bertz CT molecular complexity index is 2750. The third-order valence-electron chi connectivity index (χ3n) is 10.3. The van der Waals surface area contributed by atoms with Gasteiger partial charge in [0.1, 0.15) is 18.2 Å². The molecule has 10 rings (SSSR count). The van der Waals surface area contributed by atoms with E-state index in [-0.39, 0.29) is 12.3 Å².